The Morgan fingerprint density at radius 1 is 1.07 bits per heavy atom. The van der Waals surface area contributed by atoms with Crippen LogP contribution in [-0.4, -0.2) is 33.7 Å². The first-order chi connectivity index (χ1) is 13.5. The summed E-state index contributed by atoms with van der Waals surface area (Å²) in [7, 11) is 5.56. The smallest absolute Gasteiger partial charge is 0.224 e. The van der Waals surface area contributed by atoms with Gasteiger partial charge in [-0.05, 0) is 60.1 Å². The molecule has 0 aliphatic heterocycles. The lowest BCUT2D eigenvalue weighted by Crippen LogP contribution is -2.11. The Labute approximate surface area is 167 Å². The van der Waals surface area contributed by atoms with Gasteiger partial charge in [0.1, 0.15) is 11.6 Å². The molecule has 0 radical (unpaired) electrons. The van der Waals surface area contributed by atoms with E-state index < -0.39 is 0 Å². The monoisotopic (exact) mass is 394 g/mol. The lowest BCUT2D eigenvalue weighted by Gasteiger charge is -2.18. The summed E-state index contributed by atoms with van der Waals surface area (Å²) in [6, 6.07) is 15.6. The van der Waals surface area contributed by atoms with E-state index in [-0.39, 0.29) is 5.28 Å². The molecule has 0 spiro atoms. The van der Waals surface area contributed by atoms with Gasteiger partial charge in [-0.2, -0.15) is 0 Å². The topological polar surface area (TPSA) is 68.1 Å². The molecule has 2 heterocycles. The minimum Gasteiger partial charge on any atom is -0.497 e. The third kappa shape index (κ3) is 3.44. The highest BCUT2D eigenvalue weighted by molar-refractivity contribution is 6.28. The van der Waals surface area contributed by atoms with Gasteiger partial charge in [0.25, 0.3) is 0 Å². The van der Waals surface area contributed by atoms with E-state index >= 15 is 0 Å². The number of rotatable bonds is 5. The first kappa shape index (κ1) is 18.1. The third-order valence-corrected chi connectivity index (χ3v) is 4.74. The second kappa shape index (κ2) is 7.36. The van der Waals surface area contributed by atoms with E-state index in [1.807, 2.05) is 72.1 Å². The SMILES string of the molecule is COc1ccc(Nc2nc3cc(N(C)c4ccnc(Cl)n4)ccc3n2C)cc1. The highest BCUT2D eigenvalue weighted by Crippen LogP contribution is 2.28. The minimum atomic E-state index is 0.217. The van der Waals surface area contributed by atoms with E-state index in [2.05, 4.69) is 15.3 Å². The molecule has 7 nitrogen and oxygen atoms in total. The average Bonchev–Trinajstić information content (AvgIpc) is 3.03. The number of halogens is 1. The predicted octanol–water partition coefficient (Wildman–Crippen LogP) is 4.54. The summed E-state index contributed by atoms with van der Waals surface area (Å²) in [5.41, 5.74) is 3.79. The van der Waals surface area contributed by atoms with Crippen LogP contribution in [0.5, 0.6) is 5.75 Å². The number of methoxy groups -OCH3 is 1. The van der Waals surface area contributed by atoms with Crippen molar-refractivity contribution >= 4 is 45.8 Å². The van der Waals surface area contributed by atoms with Gasteiger partial charge < -0.3 is 19.5 Å². The number of ether oxygens (including phenoxy) is 1. The van der Waals surface area contributed by atoms with Gasteiger partial charge in [0.15, 0.2) is 0 Å². The van der Waals surface area contributed by atoms with E-state index in [1.54, 1.807) is 13.3 Å². The zero-order valence-corrected chi connectivity index (χ0v) is 16.5. The summed E-state index contributed by atoms with van der Waals surface area (Å²) in [6.45, 7) is 0. The fourth-order valence-corrected chi connectivity index (χ4v) is 3.10. The number of aryl methyl sites for hydroxylation is 1. The number of nitrogens with one attached hydrogen (secondary N) is 1. The van der Waals surface area contributed by atoms with Crippen LogP contribution in [0.15, 0.2) is 54.7 Å². The zero-order chi connectivity index (χ0) is 19.7. The fraction of sp³-hybridized carbons (Fsp3) is 0.150. The van der Waals surface area contributed by atoms with E-state index in [0.717, 1.165) is 34.1 Å². The van der Waals surface area contributed by atoms with Crippen molar-refractivity contribution in [3.8, 4) is 5.75 Å². The molecule has 0 aliphatic carbocycles. The lowest BCUT2D eigenvalue weighted by atomic mass is 10.2. The van der Waals surface area contributed by atoms with Gasteiger partial charge >= 0.3 is 0 Å². The Bertz CT molecular complexity index is 1130. The molecular weight excluding hydrogens is 376 g/mol. The first-order valence-electron chi connectivity index (χ1n) is 8.65. The summed E-state index contributed by atoms with van der Waals surface area (Å²) in [6.07, 6.45) is 1.64. The summed E-state index contributed by atoms with van der Waals surface area (Å²) in [5, 5.41) is 3.56. The fourth-order valence-electron chi connectivity index (χ4n) is 2.96. The van der Waals surface area contributed by atoms with Gasteiger partial charge in [0.05, 0.1) is 18.1 Å². The molecule has 0 fully saturated rings. The third-order valence-electron chi connectivity index (χ3n) is 4.55. The number of hydrogen-bond donors (Lipinski definition) is 1. The Balaban J connectivity index is 1.65. The van der Waals surface area contributed by atoms with Gasteiger partial charge in [0, 0.05) is 31.7 Å². The van der Waals surface area contributed by atoms with Gasteiger partial charge in [-0.1, -0.05) is 0 Å². The molecule has 0 atom stereocenters. The molecular formula is C20H19ClN6O. The molecule has 4 aromatic rings. The maximum atomic E-state index is 5.91. The van der Waals surface area contributed by atoms with Crippen LogP contribution in [0.4, 0.5) is 23.1 Å². The Kier molecular flexibility index (Phi) is 4.75. The number of nitrogens with zero attached hydrogens (tertiary/aromatic N) is 5. The minimum absolute atomic E-state index is 0.217. The van der Waals surface area contributed by atoms with Crippen LogP contribution in [0, 0.1) is 0 Å². The number of anilines is 4. The molecule has 28 heavy (non-hydrogen) atoms. The highest BCUT2D eigenvalue weighted by atomic mass is 35.5. The second-order valence-electron chi connectivity index (χ2n) is 6.26. The molecule has 0 saturated carbocycles. The van der Waals surface area contributed by atoms with Crippen LogP contribution in [-0.2, 0) is 7.05 Å². The van der Waals surface area contributed by atoms with Crippen molar-refractivity contribution in [3.63, 3.8) is 0 Å². The van der Waals surface area contributed by atoms with E-state index in [9.17, 15) is 0 Å². The van der Waals surface area contributed by atoms with Crippen LogP contribution < -0.4 is 15.0 Å². The van der Waals surface area contributed by atoms with Crippen molar-refractivity contribution in [2.75, 3.05) is 24.4 Å². The summed E-state index contributed by atoms with van der Waals surface area (Å²) in [4.78, 5) is 14.9. The normalized spacial score (nSPS) is 10.9. The van der Waals surface area contributed by atoms with Gasteiger partial charge in [-0.3, -0.25) is 0 Å². The standard InChI is InChI=1S/C20H19ClN6O/c1-26(18-10-11-22-19(21)25-18)14-6-9-17-16(12-14)24-20(27(17)2)23-13-4-7-15(28-3)8-5-13/h4-12H,1-3H3,(H,23,24). The molecule has 8 heteroatoms. The van der Waals surface area contributed by atoms with Crippen molar-refractivity contribution < 1.29 is 4.74 Å². The molecule has 0 unspecified atom stereocenters. The molecule has 0 amide bonds. The van der Waals surface area contributed by atoms with Gasteiger partial charge in [0.2, 0.25) is 11.2 Å². The number of benzene rings is 2. The van der Waals surface area contributed by atoms with Crippen LogP contribution in [0.2, 0.25) is 5.28 Å². The van der Waals surface area contributed by atoms with Gasteiger partial charge in [-0.25, -0.2) is 15.0 Å². The van der Waals surface area contributed by atoms with E-state index in [0.29, 0.717) is 5.82 Å². The Hall–Kier alpha value is -3.32. The summed E-state index contributed by atoms with van der Waals surface area (Å²) >= 11 is 5.91. The zero-order valence-electron chi connectivity index (χ0n) is 15.7. The average molecular weight is 395 g/mol. The molecule has 0 saturated heterocycles. The molecule has 142 valence electrons. The molecule has 4 rings (SSSR count). The quantitative estimate of drug-likeness (QED) is 0.501. The maximum absolute atomic E-state index is 5.91. The van der Waals surface area contributed by atoms with Crippen molar-refractivity contribution in [1.82, 2.24) is 19.5 Å². The van der Waals surface area contributed by atoms with Crippen LogP contribution in [0.25, 0.3) is 11.0 Å². The van der Waals surface area contributed by atoms with Gasteiger partial charge in [-0.15, -0.1) is 0 Å². The second-order valence-corrected chi connectivity index (χ2v) is 6.60. The van der Waals surface area contributed by atoms with Crippen LogP contribution >= 0.6 is 11.6 Å². The van der Waals surface area contributed by atoms with Crippen molar-refractivity contribution in [1.29, 1.82) is 0 Å². The highest BCUT2D eigenvalue weighted by Gasteiger charge is 2.12. The molecule has 0 aliphatic rings. The Morgan fingerprint density at radius 2 is 1.86 bits per heavy atom. The van der Waals surface area contributed by atoms with Crippen molar-refractivity contribution in [2.45, 2.75) is 0 Å². The van der Waals surface area contributed by atoms with Crippen LogP contribution in [0.1, 0.15) is 0 Å². The maximum Gasteiger partial charge on any atom is 0.224 e. The number of imidazole rings is 1. The number of aromatic nitrogens is 4. The summed E-state index contributed by atoms with van der Waals surface area (Å²) in [5.74, 6) is 2.28. The molecule has 2 aromatic carbocycles. The lowest BCUT2D eigenvalue weighted by molar-refractivity contribution is 0.415. The molecule has 1 N–H and O–H groups in total. The largest absolute Gasteiger partial charge is 0.497 e. The van der Waals surface area contributed by atoms with Crippen molar-refractivity contribution in [3.05, 3.63) is 60.0 Å². The first-order valence-corrected chi connectivity index (χ1v) is 9.03. The number of hydrogen-bond acceptors (Lipinski definition) is 6. The van der Waals surface area contributed by atoms with E-state index in [4.69, 9.17) is 21.3 Å². The number of fused-ring (bicyclic) bond motifs is 1. The molecule has 2 aromatic heterocycles. The molecule has 0 bridgehead atoms. The van der Waals surface area contributed by atoms with E-state index in [1.165, 1.54) is 0 Å². The Morgan fingerprint density at radius 3 is 2.57 bits per heavy atom. The van der Waals surface area contributed by atoms with Crippen LogP contribution in [0.3, 0.4) is 0 Å². The summed E-state index contributed by atoms with van der Waals surface area (Å²) < 4.78 is 7.22. The predicted molar refractivity (Wildman–Crippen MR) is 112 cm³/mol. The van der Waals surface area contributed by atoms with Crippen molar-refractivity contribution in [2.24, 2.45) is 7.05 Å².